The van der Waals surface area contributed by atoms with Gasteiger partial charge in [-0.2, -0.15) is 21.6 Å². The molecule has 0 unspecified atom stereocenters. The molecular weight excluding hydrogens is 317 g/mol. The summed E-state index contributed by atoms with van der Waals surface area (Å²) in [6.07, 6.45) is -4.27. The van der Waals surface area contributed by atoms with Crippen LogP contribution in [0.25, 0.3) is 0 Å². The molecule has 1 aromatic heterocycles. The first-order valence-corrected chi connectivity index (χ1v) is 7.38. The van der Waals surface area contributed by atoms with E-state index in [1.54, 1.807) is 0 Å². The van der Waals surface area contributed by atoms with Crippen molar-refractivity contribution in [3.05, 3.63) is 40.4 Å². The maximum absolute atomic E-state index is 12.4. The molecule has 0 radical (unpaired) electrons. The van der Waals surface area contributed by atoms with Crippen molar-refractivity contribution in [2.45, 2.75) is 16.9 Å². The molecule has 1 heterocycles. The predicted molar refractivity (Wildman–Crippen MR) is 64.0 cm³/mol. The zero-order chi connectivity index (χ0) is 15.0. The third-order valence-electron chi connectivity index (χ3n) is 2.31. The summed E-state index contributed by atoms with van der Waals surface area (Å²) in [6.45, 7) is 0. The van der Waals surface area contributed by atoms with Gasteiger partial charge < -0.3 is 0 Å². The van der Waals surface area contributed by atoms with Crippen molar-refractivity contribution in [2.75, 3.05) is 0 Å². The Morgan fingerprint density at radius 1 is 1.15 bits per heavy atom. The number of hydrogen-bond donors (Lipinski definition) is 1. The Kier molecular flexibility index (Phi) is 3.80. The van der Waals surface area contributed by atoms with Gasteiger partial charge in [-0.1, -0.05) is 23.5 Å². The molecule has 0 atom stereocenters. The van der Waals surface area contributed by atoms with Crippen molar-refractivity contribution in [1.29, 1.82) is 0 Å². The molecule has 0 saturated heterocycles. The number of hydrogen-bond acceptors (Lipinski definition) is 5. The molecule has 0 amide bonds. The van der Waals surface area contributed by atoms with E-state index in [4.69, 9.17) is 4.55 Å². The molecule has 0 aliphatic heterocycles. The smallest absolute Gasteiger partial charge is 0.280 e. The molecule has 0 bridgehead atoms. The molecule has 0 spiro atoms. The summed E-state index contributed by atoms with van der Waals surface area (Å²) in [5.41, 5.74) is -0.242. The van der Waals surface area contributed by atoms with Crippen molar-refractivity contribution in [1.82, 2.24) is 10.2 Å². The van der Waals surface area contributed by atoms with Crippen LogP contribution in [0.3, 0.4) is 0 Å². The van der Waals surface area contributed by atoms with E-state index in [2.05, 4.69) is 10.2 Å². The van der Waals surface area contributed by atoms with Crippen molar-refractivity contribution < 1.29 is 26.1 Å². The average molecular weight is 324 g/mol. The zero-order valence-corrected chi connectivity index (χ0v) is 11.3. The molecule has 20 heavy (non-hydrogen) atoms. The first-order chi connectivity index (χ1) is 9.16. The van der Waals surface area contributed by atoms with Gasteiger partial charge in [-0.05, 0) is 17.7 Å². The lowest BCUT2D eigenvalue weighted by molar-refractivity contribution is -0.137. The van der Waals surface area contributed by atoms with Crippen molar-refractivity contribution in [3.8, 4) is 0 Å². The molecule has 1 aromatic carbocycles. The summed E-state index contributed by atoms with van der Waals surface area (Å²) in [5.74, 6) is 0. The fraction of sp³-hybridized carbons (Fsp3) is 0.200. The lowest BCUT2D eigenvalue weighted by Crippen LogP contribution is -2.04. The SMILES string of the molecule is O=S(=O)(O)c1nnc(Cc2ccc(C(F)(F)F)cc2)s1. The topological polar surface area (TPSA) is 80.2 Å². The Morgan fingerprint density at radius 2 is 1.75 bits per heavy atom. The van der Waals surface area contributed by atoms with Gasteiger partial charge in [0.15, 0.2) is 0 Å². The van der Waals surface area contributed by atoms with Gasteiger partial charge in [0.2, 0.25) is 0 Å². The van der Waals surface area contributed by atoms with Crippen molar-refractivity contribution in [2.24, 2.45) is 0 Å². The summed E-state index contributed by atoms with van der Waals surface area (Å²) in [7, 11) is -4.40. The van der Waals surface area contributed by atoms with Crippen LogP contribution < -0.4 is 0 Å². The van der Waals surface area contributed by atoms with E-state index in [0.717, 1.165) is 12.1 Å². The van der Waals surface area contributed by atoms with Crippen LogP contribution in [0.15, 0.2) is 28.6 Å². The Bertz CT molecular complexity index is 708. The average Bonchev–Trinajstić information content (AvgIpc) is 2.77. The second-order valence-electron chi connectivity index (χ2n) is 3.81. The fourth-order valence-electron chi connectivity index (χ4n) is 1.40. The van der Waals surface area contributed by atoms with Crippen LogP contribution in [0.5, 0.6) is 0 Å². The standard InChI is InChI=1S/C10H7F3N2O3S2/c11-10(12,13)7-3-1-6(2-4-7)5-8-14-15-9(19-8)20(16,17)18/h1-4H,5H2,(H,16,17,18). The summed E-state index contributed by atoms with van der Waals surface area (Å²) >= 11 is 0.662. The summed E-state index contributed by atoms with van der Waals surface area (Å²) in [5, 5.41) is 7.12. The quantitative estimate of drug-likeness (QED) is 0.877. The first kappa shape index (κ1) is 14.9. The molecule has 2 aromatic rings. The number of halogens is 3. The van der Waals surface area contributed by atoms with Crippen molar-refractivity contribution >= 4 is 21.5 Å². The Balaban J connectivity index is 2.17. The van der Waals surface area contributed by atoms with Crippen LogP contribution in [0.4, 0.5) is 13.2 Å². The highest BCUT2D eigenvalue weighted by Gasteiger charge is 2.29. The summed E-state index contributed by atoms with van der Waals surface area (Å²) in [6, 6.07) is 4.41. The lowest BCUT2D eigenvalue weighted by atomic mass is 10.1. The molecule has 0 aliphatic carbocycles. The minimum atomic E-state index is -4.40. The number of nitrogens with zero attached hydrogens (tertiary/aromatic N) is 2. The second-order valence-corrected chi connectivity index (χ2v) is 6.47. The van der Waals surface area contributed by atoms with E-state index in [1.165, 1.54) is 12.1 Å². The van der Waals surface area contributed by atoms with Crippen molar-refractivity contribution in [3.63, 3.8) is 0 Å². The molecular formula is C10H7F3N2O3S2. The van der Waals surface area contributed by atoms with Gasteiger partial charge in [0.05, 0.1) is 5.56 Å². The fourth-order valence-corrected chi connectivity index (χ4v) is 2.86. The molecule has 2 rings (SSSR count). The molecule has 1 N–H and O–H groups in total. The monoisotopic (exact) mass is 324 g/mol. The van der Waals surface area contributed by atoms with Gasteiger partial charge in [-0.3, -0.25) is 4.55 Å². The van der Waals surface area contributed by atoms with E-state index < -0.39 is 26.2 Å². The largest absolute Gasteiger partial charge is 0.416 e. The van der Waals surface area contributed by atoms with Gasteiger partial charge in [-0.25, -0.2) is 0 Å². The summed E-state index contributed by atoms with van der Waals surface area (Å²) in [4.78, 5) is 0. The van der Waals surface area contributed by atoms with E-state index in [1.807, 2.05) is 0 Å². The Labute approximate surface area is 115 Å². The number of aromatic nitrogens is 2. The zero-order valence-electron chi connectivity index (χ0n) is 9.63. The number of rotatable bonds is 3. The lowest BCUT2D eigenvalue weighted by Gasteiger charge is -2.06. The van der Waals surface area contributed by atoms with Gasteiger partial charge >= 0.3 is 16.3 Å². The molecule has 0 fully saturated rings. The van der Waals surface area contributed by atoms with Crippen LogP contribution in [0.1, 0.15) is 16.1 Å². The van der Waals surface area contributed by atoms with E-state index in [9.17, 15) is 21.6 Å². The van der Waals surface area contributed by atoms with Crippen LogP contribution in [-0.2, 0) is 22.7 Å². The Morgan fingerprint density at radius 3 is 2.20 bits per heavy atom. The highest BCUT2D eigenvalue weighted by Crippen LogP contribution is 2.29. The molecule has 5 nitrogen and oxygen atoms in total. The Hall–Kier alpha value is -1.52. The highest BCUT2D eigenvalue weighted by molar-refractivity contribution is 7.87. The molecule has 0 saturated carbocycles. The normalized spacial score (nSPS) is 12.6. The van der Waals surface area contributed by atoms with Crippen LogP contribution >= 0.6 is 11.3 Å². The summed E-state index contributed by atoms with van der Waals surface area (Å²) < 4.78 is 66.9. The third-order valence-corrected chi connectivity index (χ3v) is 4.43. The second kappa shape index (κ2) is 5.11. The van der Waals surface area contributed by atoms with E-state index in [-0.39, 0.29) is 11.4 Å². The van der Waals surface area contributed by atoms with Crippen LogP contribution in [-0.4, -0.2) is 23.2 Å². The van der Waals surface area contributed by atoms with Gasteiger partial charge in [0.1, 0.15) is 5.01 Å². The minimum Gasteiger partial charge on any atom is -0.280 e. The maximum Gasteiger partial charge on any atom is 0.416 e. The van der Waals surface area contributed by atoms with Crippen LogP contribution in [0, 0.1) is 0 Å². The number of alkyl halides is 3. The molecule has 108 valence electrons. The molecule has 0 aliphatic rings. The predicted octanol–water partition coefficient (Wildman–Crippen LogP) is 2.39. The molecule has 10 heteroatoms. The van der Waals surface area contributed by atoms with Crippen LogP contribution in [0.2, 0.25) is 0 Å². The van der Waals surface area contributed by atoms with Gasteiger partial charge in [0, 0.05) is 6.42 Å². The minimum absolute atomic E-state index is 0.130. The van der Waals surface area contributed by atoms with E-state index in [0.29, 0.717) is 16.9 Å². The van der Waals surface area contributed by atoms with Gasteiger partial charge in [0.25, 0.3) is 4.34 Å². The maximum atomic E-state index is 12.4. The number of benzene rings is 1. The highest BCUT2D eigenvalue weighted by atomic mass is 32.3. The van der Waals surface area contributed by atoms with E-state index >= 15 is 0 Å². The van der Waals surface area contributed by atoms with Gasteiger partial charge in [-0.15, -0.1) is 10.2 Å². The third kappa shape index (κ3) is 3.52. The first-order valence-electron chi connectivity index (χ1n) is 5.12.